The summed E-state index contributed by atoms with van der Waals surface area (Å²) in [6.07, 6.45) is 0.937. The highest BCUT2D eigenvalue weighted by atomic mass is 16.6. The van der Waals surface area contributed by atoms with Crippen molar-refractivity contribution in [1.82, 2.24) is 0 Å². The molecule has 0 radical (unpaired) electrons. The minimum Gasteiger partial charge on any atom is -0.489 e. The quantitative estimate of drug-likeness (QED) is 0.630. The topological polar surface area (TPSA) is 73.9 Å². The molecule has 22 heavy (non-hydrogen) atoms. The number of primary amides is 1. The van der Waals surface area contributed by atoms with Gasteiger partial charge in [0.15, 0.2) is 0 Å². The second kappa shape index (κ2) is 7.83. The Balaban J connectivity index is 1.99. The summed E-state index contributed by atoms with van der Waals surface area (Å²) in [5, 5.41) is 3.50. The summed E-state index contributed by atoms with van der Waals surface area (Å²) in [5.41, 5.74) is 7.97. The van der Waals surface area contributed by atoms with Crippen LogP contribution in [0.25, 0.3) is 0 Å². The largest absolute Gasteiger partial charge is 0.489 e. The van der Waals surface area contributed by atoms with Crippen molar-refractivity contribution in [3.8, 4) is 5.75 Å². The van der Waals surface area contributed by atoms with Crippen molar-refractivity contribution in [3.63, 3.8) is 0 Å². The van der Waals surface area contributed by atoms with Crippen molar-refractivity contribution in [2.45, 2.75) is 20.1 Å². The molecule has 0 fully saturated rings. The van der Waals surface area contributed by atoms with Gasteiger partial charge in [0.1, 0.15) is 25.2 Å². The third-order valence-electron chi connectivity index (χ3n) is 3.07. The van der Waals surface area contributed by atoms with Crippen LogP contribution in [0.15, 0.2) is 53.7 Å². The SMILES string of the molecule is Cc1ccccc1OCc1ccccc1CO/N=C/C(N)=O. The smallest absolute Gasteiger partial charge is 0.263 e. The molecule has 2 aromatic carbocycles. The van der Waals surface area contributed by atoms with Gasteiger partial charge >= 0.3 is 0 Å². The Kier molecular flexibility index (Phi) is 5.54. The molecule has 0 spiro atoms. The van der Waals surface area contributed by atoms with Gasteiger partial charge < -0.3 is 15.3 Å². The first-order valence-electron chi connectivity index (χ1n) is 6.87. The molecule has 0 aliphatic rings. The number of benzene rings is 2. The van der Waals surface area contributed by atoms with E-state index in [1.165, 1.54) is 0 Å². The van der Waals surface area contributed by atoms with Gasteiger partial charge in [-0.25, -0.2) is 0 Å². The third-order valence-corrected chi connectivity index (χ3v) is 3.07. The van der Waals surface area contributed by atoms with E-state index in [9.17, 15) is 4.79 Å². The number of carbonyl (C=O) groups is 1. The molecule has 5 nitrogen and oxygen atoms in total. The lowest BCUT2D eigenvalue weighted by molar-refractivity contribution is -0.111. The fourth-order valence-corrected chi connectivity index (χ4v) is 1.91. The van der Waals surface area contributed by atoms with Gasteiger partial charge in [-0.05, 0) is 29.7 Å². The van der Waals surface area contributed by atoms with Gasteiger partial charge in [0.05, 0.1) is 0 Å². The Labute approximate surface area is 129 Å². The molecule has 0 bridgehead atoms. The first kappa shape index (κ1) is 15.6. The average molecular weight is 298 g/mol. The normalized spacial score (nSPS) is 10.6. The van der Waals surface area contributed by atoms with Crippen molar-refractivity contribution in [2.24, 2.45) is 10.9 Å². The molecule has 0 heterocycles. The second-order valence-corrected chi connectivity index (χ2v) is 4.73. The van der Waals surface area contributed by atoms with Gasteiger partial charge in [-0.3, -0.25) is 4.79 Å². The average Bonchev–Trinajstić information content (AvgIpc) is 2.51. The summed E-state index contributed by atoms with van der Waals surface area (Å²) >= 11 is 0. The molecule has 2 N–H and O–H groups in total. The number of oxime groups is 1. The van der Waals surface area contributed by atoms with Crippen molar-refractivity contribution in [3.05, 3.63) is 65.2 Å². The van der Waals surface area contributed by atoms with E-state index < -0.39 is 5.91 Å². The third kappa shape index (κ3) is 4.63. The fraction of sp³-hybridized carbons (Fsp3) is 0.176. The Bertz CT molecular complexity index is 668. The van der Waals surface area contributed by atoms with Crippen molar-refractivity contribution in [2.75, 3.05) is 0 Å². The number of para-hydroxylation sites is 1. The number of nitrogens with two attached hydrogens (primary N) is 1. The lowest BCUT2D eigenvalue weighted by Crippen LogP contribution is -2.11. The lowest BCUT2D eigenvalue weighted by Gasteiger charge is -2.12. The molecule has 1 amide bonds. The molecule has 0 aliphatic carbocycles. The molecular formula is C17H18N2O3. The summed E-state index contributed by atoms with van der Waals surface area (Å²) in [7, 11) is 0. The van der Waals surface area contributed by atoms with Crippen LogP contribution in [-0.4, -0.2) is 12.1 Å². The molecule has 0 unspecified atom stereocenters. The highest BCUT2D eigenvalue weighted by Gasteiger charge is 2.04. The standard InChI is InChI=1S/C17H18N2O3/c1-13-6-2-5-9-16(13)21-11-14-7-3-4-8-15(14)12-22-19-10-17(18)20/h2-10H,11-12H2,1H3,(H2,18,20)/b19-10+. The predicted molar refractivity (Wildman–Crippen MR) is 84.4 cm³/mol. The first-order valence-corrected chi connectivity index (χ1v) is 6.87. The number of aryl methyl sites for hydroxylation is 1. The van der Waals surface area contributed by atoms with Crippen molar-refractivity contribution < 1.29 is 14.4 Å². The van der Waals surface area contributed by atoms with Crippen LogP contribution in [0.2, 0.25) is 0 Å². The summed E-state index contributed by atoms with van der Waals surface area (Å²) < 4.78 is 5.84. The van der Waals surface area contributed by atoms with Crippen molar-refractivity contribution >= 4 is 12.1 Å². The minimum absolute atomic E-state index is 0.247. The number of amides is 1. The highest BCUT2D eigenvalue weighted by Crippen LogP contribution is 2.19. The van der Waals surface area contributed by atoms with Gasteiger partial charge in [0.2, 0.25) is 0 Å². The van der Waals surface area contributed by atoms with Crippen LogP contribution in [-0.2, 0) is 22.8 Å². The monoisotopic (exact) mass is 298 g/mol. The highest BCUT2D eigenvalue weighted by molar-refractivity contribution is 6.25. The summed E-state index contributed by atoms with van der Waals surface area (Å²) in [5.74, 6) is 0.209. The van der Waals surface area contributed by atoms with Crippen LogP contribution in [0.1, 0.15) is 16.7 Å². The number of carbonyl (C=O) groups excluding carboxylic acids is 1. The van der Waals surface area contributed by atoms with E-state index in [0.29, 0.717) is 6.61 Å². The maximum atomic E-state index is 10.5. The van der Waals surface area contributed by atoms with E-state index in [0.717, 1.165) is 28.7 Å². The van der Waals surface area contributed by atoms with Crippen LogP contribution in [0, 0.1) is 6.92 Å². The lowest BCUT2D eigenvalue weighted by atomic mass is 10.1. The van der Waals surface area contributed by atoms with Crippen LogP contribution in [0.5, 0.6) is 5.75 Å². The Morgan fingerprint density at radius 2 is 1.73 bits per heavy atom. The number of nitrogens with zero attached hydrogens (tertiary/aromatic N) is 1. The molecule has 0 atom stereocenters. The zero-order valence-corrected chi connectivity index (χ0v) is 12.4. The Morgan fingerprint density at radius 1 is 1.09 bits per heavy atom. The molecule has 5 heteroatoms. The molecule has 2 rings (SSSR count). The van der Waals surface area contributed by atoms with E-state index in [1.54, 1.807) is 0 Å². The van der Waals surface area contributed by atoms with Crippen LogP contribution in [0.4, 0.5) is 0 Å². The number of hydrogen-bond donors (Lipinski definition) is 1. The van der Waals surface area contributed by atoms with Crippen molar-refractivity contribution in [1.29, 1.82) is 0 Å². The van der Waals surface area contributed by atoms with Gasteiger partial charge in [-0.1, -0.05) is 47.6 Å². The minimum atomic E-state index is -0.642. The Morgan fingerprint density at radius 3 is 2.41 bits per heavy atom. The van der Waals surface area contributed by atoms with Gasteiger partial charge in [-0.2, -0.15) is 0 Å². The van der Waals surface area contributed by atoms with Crippen LogP contribution >= 0.6 is 0 Å². The Hall–Kier alpha value is -2.82. The molecule has 0 saturated carbocycles. The van der Waals surface area contributed by atoms with E-state index in [2.05, 4.69) is 5.16 Å². The van der Waals surface area contributed by atoms with E-state index in [4.69, 9.17) is 15.3 Å². The van der Waals surface area contributed by atoms with E-state index >= 15 is 0 Å². The number of ether oxygens (including phenoxy) is 1. The first-order chi connectivity index (χ1) is 10.7. The zero-order valence-electron chi connectivity index (χ0n) is 12.4. The van der Waals surface area contributed by atoms with Crippen LogP contribution in [0.3, 0.4) is 0 Å². The van der Waals surface area contributed by atoms with Gasteiger partial charge in [-0.15, -0.1) is 0 Å². The predicted octanol–water partition coefficient (Wildman–Crippen LogP) is 2.56. The summed E-state index contributed by atoms with van der Waals surface area (Å²) in [6, 6.07) is 15.6. The second-order valence-electron chi connectivity index (χ2n) is 4.73. The molecule has 0 aromatic heterocycles. The molecule has 114 valence electrons. The molecule has 0 saturated heterocycles. The summed E-state index contributed by atoms with van der Waals surface area (Å²) in [6.45, 7) is 2.68. The van der Waals surface area contributed by atoms with Crippen LogP contribution < -0.4 is 10.5 Å². The molecule has 0 aliphatic heterocycles. The molecular weight excluding hydrogens is 280 g/mol. The van der Waals surface area contributed by atoms with Gasteiger partial charge in [0.25, 0.3) is 5.91 Å². The maximum absolute atomic E-state index is 10.5. The molecule has 2 aromatic rings. The van der Waals surface area contributed by atoms with E-state index in [-0.39, 0.29) is 6.61 Å². The number of hydrogen-bond acceptors (Lipinski definition) is 4. The zero-order chi connectivity index (χ0) is 15.8. The van der Waals surface area contributed by atoms with E-state index in [1.807, 2.05) is 55.5 Å². The maximum Gasteiger partial charge on any atom is 0.263 e. The number of rotatable bonds is 7. The van der Waals surface area contributed by atoms with Gasteiger partial charge in [0, 0.05) is 0 Å². The summed E-state index contributed by atoms with van der Waals surface area (Å²) in [4.78, 5) is 15.6. The fourth-order valence-electron chi connectivity index (χ4n) is 1.91.